The summed E-state index contributed by atoms with van der Waals surface area (Å²) >= 11 is 0. The Morgan fingerprint density at radius 1 is 1.04 bits per heavy atom. The molecule has 0 fully saturated rings. The zero-order valence-corrected chi connectivity index (χ0v) is 17.4. The topological polar surface area (TPSA) is 85.8 Å². The van der Waals surface area contributed by atoms with E-state index in [9.17, 15) is 14.3 Å². The van der Waals surface area contributed by atoms with Crippen molar-refractivity contribution in [1.29, 1.82) is 0 Å². The quantitative estimate of drug-likeness (QED) is 0.249. The minimum atomic E-state index is -0.769. The molecule has 0 aliphatic carbocycles. The molecule has 0 unspecified atom stereocenters. The van der Waals surface area contributed by atoms with Crippen molar-refractivity contribution in [3.8, 4) is 0 Å². The van der Waals surface area contributed by atoms with Crippen molar-refractivity contribution in [3.63, 3.8) is 0 Å². The highest BCUT2D eigenvalue weighted by atomic mass is 19.1. The van der Waals surface area contributed by atoms with Gasteiger partial charge in [0.1, 0.15) is 5.82 Å². The minimum absolute atomic E-state index is 0.115. The van der Waals surface area contributed by atoms with Crippen molar-refractivity contribution in [2.75, 3.05) is 26.2 Å². The maximum Gasteiger partial charge on any atom is 0.224 e. The number of rotatable bonds is 12. The van der Waals surface area contributed by atoms with Crippen LogP contribution in [0.2, 0.25) is 0 Å². The van der Waals surface area contributed by atoms with Gasteiger partial charge in [0.15, 0.2) is 5.96 Å². The number of carbonyl (C=O) groups excluding carboxylic acids is 1. The third kappa shape index (κ3) is 9.69. The van der Waals surface area contributed by atoms with Crippen LogP contribution in [-0.4, -0.2) is 48.8 Å². The molecule has 4 N–H and O–H groups in total. The molecule has 0 saturated heterocycles. The molecule has 0 radical (unpaired) electrons. The smallest absolute Gasteiger partial charge is 0.224 e. The van der Waals surface area contributed by atoms with Crippen molar-refractivity contribution >= 4 is 11.9 Å². The van der Waals surface area contributed by atoms with E-state index in [-0.39, 0.29) is 18.1 Å². The van der Waals surface area contributed by atoms with E-state index >= 15 is 0 Å². The van der Waals surface area contributed by atoms with Crippen LogP contribution in [0.3, 0.4) is 0 Å². The summed E-state index contributed by atoms with van der Waals surface area (Å²) < 4.78 is 12.9. The molecule has 0 aliphatic rings. The zero-order chi connectivity index (χ0) is 20.8. The number of guanidine groups is 1. The Kier molecular flexibility index (Phi) is 11.2. The van der Waals surface area contributed by atoms with Crippen molar-refractivity contribution in [3.05, 3.63) is 35.6 Å². The lowest BCUT2D eigenvalue weighted by Gasteiger charge is -2.26. The number of aliphatic imine (C=N–C) groups is 1. The van der Waals surface area contributed by atoms with Gasteiger partial charge in [-0.05, 0) is 37.5 Å². The number of aliphatic hydroxyl groups is 1. The summed E-state index contributed by atoms with van der Waals surface area (Å²) in [5.74, 6) is 0.199. The van der Waals surface area contributed by atoms with Gasteiger partial charge in [-0.15, -0.1) is 0 Å². The van der Waals surface area contributed by atoms with Gasteiger partial charge in [0.25, 0.3) is 0 Å². The fraction of sp³-hybridized carbons (Fsp3) is 0.619. The number of benzene rings is 1. The van der Waals surface area contributed by atoms with E-state index in [1.807, 2.05) is 6.92 Å². The molecule has 0 aromatic heterocycles. The maximum absolute atomic E-state index is 12.9. The number of nitrogens with one attached hydrogen (secondary N) is 3. The molecule has 0 saturated carbocycles. The van der Waals surface area contributed by atoms with E-state index in [0.29, 0.717) is 32.1 Å². The standard InChI is InChI=1S/C21H35FN4O2/c1-4-11-21(28,12-5-2)16-26-20(23-6-3)25-14-13-24-19(27)15-17-7-9-18(22)10-8-17/h7-10,28H,4-6,11-16H2,1-3H3,(H,24,27)(H2,23,25,26). The number of hydrogen-bond donors (Lipinski definition) is 4. The van der Waals surface area contributed by atoms with Gasteiger partial charge in [-0.25, -0.2) is 4.39 Å². The fourth-order valence-corrected chi connectivity index (χ4v) is 3.01. The third-order valence-electron chi connectivity index (χ3n) is 4.32. The van der Waals surface area contributed by atoms with E-state index in [4.69, 9.17) is 0 Å². The maximum atomic E-state index is 12.9. The van der Waals surface area contributed by atoms with Gasteiger partial charge in [0.2, 0.25) is 5.91 Å². The van der Waals surface area contributed by atoms with E-state index in [2.05, 4.69) is 34.8 Å². The van der Waals surface area contributed by atoms with Crippen molar-refractivity contribution in [2.45, 2.75) is 58.5 Å². The normalized spacial score (nSPS) is 12.0. The van der Waals surface area contributed by atoms with Crippen LogP contribution >= 0.6 is 0 Å². The first-order valence-electron chi connectivity index (χ1n) is 10.2. The number of amides is 1. The van der Waals surface area contributed by atoms with Gasteiger partial charge in [-0.2, -0.15) is 0 Å². The van der Waals surface area contributed by atoms with Crippen molar-refractivity contribution < 1.29 is 14.3 Å². The highest BCUT2D eigenvalue weighted by Gasteiger charge is 2.24. The van der Waals surface area contributed by atoms with Gasteiger partial charge in [0, 0.05) is 19.6 Å². The van der Waals surface area contributed by atoms with E-state index in [1.54, 1.807) is 12.1 Å². The molecule has 158 valence electrons. The first-order valence-corrected chi connectivity index (χ1v) is 10.2. The third-order valence-corrected chi connectivity index (χ3v) is 4.32. The number of carbonyl (C=O) groups is 1. The molecule has 0 heterocycles. The summed E-state index contributed by atoms with van der Waals surface area (Å²) in [7, 11) is 0. The molecule has 1 amide bonds. The van der Waals surface area contributed by atoms with Crippen LogP contribution in [0, 0.1) is 5.82 Å². The first kappa shape index (κ1) is 23.9. The van der Waals surface area contributed by atoms with Crippen LogP contribution in [0.5, 0.6) is 0 Å². The molecule has 0 spiro atoms. The summed E-state index contributed by atoms with van der Waals surface area (Å²) in [6.45, 7) is 8.11. The lowest BCUT2D eigenvalue weighted by Crippen LogP contribution is -2.43. The largest absolute Gasteiger partial charge is 0.388 e. The van der Waals surface area contributed by atoms with Crippen LogP contribution in [0.4, 0.5) is 4.39 Å². The lowest BCUT2D eigenvalue weighted by atomic mass is 9.93. The summed E-state index contributed by atoms with van der Waals surface area (Å²) in [5.41, 5.74) is 0.00257. The predicted molar refractivity (Wildman–Crippen MR) is 112 cm³/mol. The zero-order valence-electron chi connectivity index (χ0n) is 17.4. The highest BCUT2D eigenvalue weighted by molar-refractivity contribution is 5.80. The molecular weight excluding hydrogens is 359 g/mol. The average molecular weight is 395 g/mol. The Bertz CT molecular complexity index is 599. The second kappa shape index (κ2) is 13.1. The summed E-state index contributed by atoms with van der Waals surface area (Å²) in [4.78, 5) is 16.5. The molecule has 0 atom stereocenters. The summed E-state index contributed by atoms with van der Waals surface area (Å²) in [6.07, 6.45) is 3.49. The molecule has 6 nitrogen and oxygen atoms in total. The Balaban J connectivity index is 2.43. The van der Waals surface area contributed by atoms with E-state index < -0.39 is 5.60 Å². The second-order valence-electron chi connectivity index (χ2n) is 7.00. The van der Waals surface area contributed by atoms with Crippen LogP contribution in [-0.2, 0) is 11.2 Å². The molecule has 1 rings (SSSR count). The van der Waals surface area contributed by atoms with E-state index in [1.165, 1.54) is 12.1 Å². The molecule has 7 heteroatoms. The fourth-order valence-electron chi connectivity index (χ4n) is 3.01. The number of nitrogens with zero attached hydrogens (tertiary/aromatic N) is 1. The van der Waals surface area contributed by atoms with Gasteiger partial charge in [-0.1, -0.05) is 38.8 Å². The average Bonchev–Trinajstić information content (AvgIpc) is 2.65. The molecular formula is C21H35FN4O2. The minimum Gasteiger partial charge on any atom is -0.388 e. The summed E-state index contributed by atoms with van der Waals surface area (Å²) in [5, 5.41) is 19.8. The Hall–Kier alpha value is -2.15. The van der Waals surface area contributed by atoms with Gasteiger partial charge in [0.05, 0.1) is 18.6 Å². The number of halogens is 1. The van der Waals surface area contributed by atoms with Gasteiger partial charge >= 0.3 is 0 Å². The van der Waals surface area contributed by atoms with Crippen LogP contribution in [0.25, 0.3) is 0 Å². The molecule has 1 aromatic rings. The van der Waals surface area contributed by atoms with Crippen molar-refractivity contribution in [1.82, 2.24) is 16.0 Å². The van der Waals surface area contributed by atoms with Crippen molar-refractivity contribution in [2.24, 2.45) is 4.99 Å². The number of hydrogen-bond acceptors (Lipinski definition) is 3. The first-order chi connectivity index (χ1) is 13.4. The van der Waals surface area contributed by atoms with Crippen LogP contribution < -0.4 is 16.0 Å². The monoisotopic (exact) mass is 394 g/mol. The Morgan fingerprint density at radius 2 is 1.64 bits per heavy atom. The second-order valence-corrected chi connectivity index (χ2v) is 7.00. The van der Waals surface area contributed by atoms with Gasteiger partial charge < -0.3 is 21.1 Å². The molecule has 0 bridgehead atoms. The summed E-state index contributed by atoms with van der Waals surface area (Å²) in [6, 6.07) is 5.91. The molecule has 28 heavy (non-hydrogen) atoms. The predicted octanol–water partition coefficient (Wildman–Crippen LogP) is 2.37. The van der Waals surface area contributed by atoms with E-state index in [0.717, 1.165) is 31.2 Å². The highest BCUT2D eigenvalue weighted by Crippen LogP contribution is 2.19. The van der Waals surface area contributed by atoms with Crippen LogP contribution in [0.15, 0.2) is 29.3 Å². The molecule has 0 aliphatic heterocycles. The SMILES string of the molecule is CCCC(O)(CCC)CN=C(NCC)NCCNC(=O)Cc1ccc(F)cc1. The van der Waals surface area contributed by atoms with Crippen LogP contribution in [0.1, 0.15) is 52.0 Å². The molecule has 1 aromatic carbocycles. The lowest BCUT2D eigenvalue weighted by molar-refractivity contribution is -0.120. The Labute approximate surface area is 168 Å². The van der Waals surface area contributed by atoms with Gasteiger partial charge in [-0.3, -0.25) is 9.79 Å². The Morgan fingerprint density at radius 3 is 2.21 bits per heavy atom.